The number of likely N-dealkylation sites (tertiary alicyclic amines) is 1. The lowest BCUT2D eigenvalue weighted by molar-refractivity contribution is -0.136. The first-order chi connectivity index (χ1) is 8.58. The molecule has 2 rings (SSSR count). The van der Waals surface area contributed by atoms with E-state index in [1.165, 1.54) is 6.42 Å². The Hall–Kier alpha value is -0.960. The van der Waals surface area contributed by atoms with E-state index in [2.05, 4.69) is 31.4 Å². The molecule has 0 spiro atoms. The van der Waals surface area contributed by atoms with Gasteiger partial charge in [0.15, 0.2) is 0 Å². The van der Waals surface area contributed by atoms with Gasteiger partial charge in [-0.2, -0.15) is 0 Å². The number of nitrogens with zero attached hydrogens (tertiary/aromatic N) is 1. The second kappa shape index (κ2) is 5.79. The number of thiol groups is 1. The summed E-state index contributed by atoms with van der Waals surface area (Å²) in [6.07, 6.45) is 4.00. The molecule has 2 atom stereocenters. The maximum atomic E-state index is 12.4. The summed E-state index contributed by atoms with van der Waals surface area (Å²) in [7, 11) is 0. The third kappa shape index (κ3) is 3.08. The summed E-state index contributed by atoms with van der Waals surface area (Å²) in [4.78, 5) is 15.4. The van der Waals surface area contributed by atoms with Crippen molar-refractivity contribution in [2.45, 2.75) is 56.5 Å². The molecule has 1 aliphatic heterocycles. The summed E-state index contributed by atoms with van der Waals surface area (Å²) in [6, 6.07) is 8.61. The molecule has 3 heteroatoms. The molecule has 2 nitrogen and oxygen atoms in total. The van der Waals surface area contributed by atoms with Crippen molar-refractivity contribution >= 4 is 18.5 Å². The predicted octanol–water partition coefficient (Wildman–Crippen LogP) is 3.31. The highest BCUT2D eigenvalue weighted by molar-refractivity contribution is 7.80. The molecule has 18 heavy (non-hydrogen) atoms. The molecule has 1 aliphatic rings. The molecule has 1 aromatic carbocycles. The van der Waals surface area contributed by atoms with Crippen molar-refractivity contribution in [1.29, 1.82) is 0 Å². The quantitative estimate of drug-likeness (QED) is 0.812. The van der Waals surface area contributed by atoms with Gasteiger partial charge in [-0.25, -0.2) is 0 Å². The molecule has 1 fully saturated rings. The highest BCUT2D eigenvalue weighted by atomic mass is 32.1. The lowest BCUT2D eigenvalue weighted by atomic mass is 9.96. The molecular weight excluding hydrogens is 242 g/mol. The Labute approximate surface area is 115 Å². The Kier molecular flexibility index (Phi) is 4.33. The largest absolute Gasteiger partial charge is 0.337 e. The molecule has 0 bridgehead atoms. The number of rotatable bonds is 2. The van der Waals surface area contributed by atoms with Crippen LogP contribution in [-0.4, -0.2) is 22.9 Å². The third-order valence-corrected chi connectivity index (χ3v) is 4.07. The number of carbonyl (C=O) groups is 1. The fraction of sp³-hybridized carbons (Fsp3) is 0.533. The molecule has 1 amide bonds. The van der Waals surface area contributed by atoms with Crippen LogP contribution in [0.3, 0.4) is 0 Å². The van der Waals surface area contributed by atoms with Crippen LogP contribution in [0, 0.1) is 0 Å². The van der Waals surface area contributed by atoms with E-state index in [4.69, 9.17) is 0 Å². The van der Waals surface area contributed by atoms with Gasteiger partial charge < -0.3 is 4.90 Å². The van der Waals surface area contributed by atoms with E-state index in [0.717, 1.165) is 23.3 Å². The second-order valence-corrected chi connectivity index (χ2v) is 5.79. The molecule has 0 N–H and O–H groups in total. The van der Waals surface area contributed by atoms with Crippen LogP contribution in [0.15, 0.2) is 29.2 Å². The minimum absolute atomic E-state index is 0.251. The van der Waals surface area contributed by atoms with Gasteiger partial charge in [-0.1, -0.05) is 12.1 Å². The minimum atomic E-state index is 0.251. The van der Waals surface area contributed by atoms with Gasteiger partial charge in [-0.05, 0) is 50.8 Å². The zero-order valence-corrected chi connectivity index (χ0v) is 12.0. The molecule has 0 radical (unpaired) electrons. The Morgan fingerprint density at radius 3 is 2.33 bits per heavy atom. The van der Waals surface area contributed by atoms with Crippen LogP contribution in [0.4, 0.5) is 0 Å². The van der Waals surface area contributed by atoms with Crippen LogP contribution in [0.2, 0.25) is 0 Å². The fourth-order valence-corrected chi connectivity index (χ4v) is 2.94. The van der Waals surface area contributed by atoms with Gasteiger partial charge in [0.1, 0.15) is 0 Å². The topological polar surface area (TPSA) is 20.3 Å². The highest BCUT2D eigenvalue weighted by Crippen LogP contribution is 2.23. The van der Waals surface area contributed by atoms with E-state index in [-0.39, 0.29) is 5.91 Å². The summed E-state index contributed by atoms with van der Waals surface area (Å²) >= 11 is 4.26. The van der Waals surface area contributed by atoms with Gasteiger partial charge in [-0.15, -0.1) is 12.6 Å². The van der Waals surface area contributed by atoms with Crippen LogP contribution < -0.4 is 0 Å². The van der Waals surface area contributed by atoms with Gasteiger partial charge in [-0.3, -0.25) is 4.79 Å². The Bertz CT molecular complexity index is 405. The maximum Gasteiger partial charge on any atom is 0.227 e. The van der Waals surface area contributed by atoms with E-state index in [1.807, 2.05) is 24.3 Å². The van der Waals surface area contributed by atoms with Crippen molar-refractivity contribution in [2.24, 2.45) is 0 Å². The van der Waals surface area contributed by atoms with Crippen LogP contribution in [0.1, 0.15) is 38.7 Å². The average molecular weight is 263 g/mol. The number of benzene rings is 1. The van der Waals surface area contributed by atoms with Crippen LogP contribution in [-0.2, 0) is 11.2 Å². The lowest BCUT2D eigenvalue weighted by Gasteiger charge is -2.39. The van der Waals surface area contributed by atoms with E-state index in [0.29, 0.717) is 18.5 Å². The number of hydrogen-bond donors (Lipinski definition) is 1. The standard InChI is InChI=1S/C15H21NOS/c1-11-4-3-5-12(2)16(11)15(17)10-13-6-8-14(18)9-7-13/h6-9,11-12,18H,3-5,10H2,1-2H3. The fourth-order valence-electron chi connectivity index (χ4n) is 2.79. The molecule has 98 valence electrons. The summed E-state index contributed by atoms with van der Waals surface area (Å²) < 4.78 is 0. The molecule has 0 aromatic heterocycles. The van der Waals surface area contributed by atoms with Gasteiger partial charge >= 0.3 is 0 Å². The van der Waals surface area contributed by atoms with Crippen molar-refractivity contribution in [1.82, 2.24) is 4.90 Å². The van der Waals surface area contributed by atoms with E-state index in [9.17, 15) is 4.79 Å². The summed E-state index contributed by atoms with van der Waals surface area (Å²) in [6.45, 7) is 4.31. The minimum Gasteiger partial charge on any atom is -0.337 e. The Morgan fingerprint density at radius 1 is 1.22 bits per heavy atom. The van der Waals surface area contributed by atoms with Crippen LogP contribution in [0.5, 0.6) is 0 Å². The third-order valence-electron chi connectivity index (χ3n) is 3.77. The summed E-state index contributed by atoms with van der Waals surface area (Å²) in [5.41, 5.74) is 1.07. The van der Waals surface area contributed by atoms with Crippen molar-refractivity contribution in [3.05, 3.63) is 29.8 Å². The monoisotopic (exact) mass is 263 g/mol. The molecule has 2 unspecified atom stereocenters. The van der Waals surface area contributed by atoms with Crippen molar-refractivity contribution in [2.75, 3.05) is 0 Å². The van der Waals surface area contributed by atoms with Crippen molar-refractivity contribution in [3.8, 4) is 0 Å². The Morgan fingerprint density at radius 2 is 1.78 bits per heavy atom. The van der Waals surface area contributed by atoms with Crippen LogP contribution >= 0.6 is 12.6 Å². The number of carbonyl (C=O) groups excluding carboxylic acids is 1. The zero-order chi connectivity index (χ0) is 13.1. The van der Waals surface area contributed by atoms with Gasteiger partial charge in [0.25, 0.3) is 0 Å². The molecule has 1 saturated heterocycles. The van der Waals surface area contributed by atoms with Crippen molar-refractivity contribution in [3.63, 3.8) is 0 Å². The normalized spacial score (nSPS) is 24.1. The first-order valence-electron chi connectivity index (χ1n) is 6.67. The number of piperidine rings is 1. The smallest absolute Gasteiger partial charge is 0.227 e. The lowest BCUT2D eigenvalue weighted by Crippen LogP contribution is -2.48. The van der Waals surface area contributed by atoms with Crippen LogP contribution in [0.25, 0.3) is 0 Å². The summed E-state index contributed by atoms with van der Waals surface area (Å²) in [5, 5.41) is 0. The molecule has 1 heterocycles. The Balaban J connectivity index is 2.04. The molecular formula is C15H21NOS. The van der Waals surface area contributed by atoms with Gasteiger partial charge in [0, 0.05) is 17.0 Å². The van der Waals surface area contributed by atoms with E-state index in [1.54, 1.807) is 0 Å². The molecule has 0 saturated carbocycles. The first-order valence-corrected chi connectivity index (χ1v) is 7.11. The predicted molar refractivity (Wildman–Crippen MR) is 77.0 cm³/mol. The first kappa shape index (κ1) is 13.5. The second-order valence-electron chi connectivity index (χ2n) is 5.27. The molecule has 0 aliphatic carbocycles. The SMILES string of the molecule is CC1CCCC(C)N1C(=O)Cc1ccc(S)cc1. The average Bonchev–Trinajstić information content (AvgIpc) is 2.32. The van der Waals surface area contributed by atoms with E-state index < -0.39 is 0 Å². The highest BCUT2D eigenvalue weighted by Gasteiger charge is 2.28. The van der Waals surface area contributed by atoms with Crippen molar-refractivity contribution < 1.29 is 4.79 Å². The van der Waals surface area contributed by atoms with Gasteiger partial charge in [0.05, 0.1) is 6.42 Å². The maximum absolute atomic E-state index is 12.4. The summed E-state index contributed by atoms with van der Waals surface area (Å²) in [5.74, 6) is 0.251. The zero-order valence-electron chi connectivity index (χ0n) is 11.1. The number of amides is 1. The van der Waals surface area contributed by atoms with E-state index >= 15 is 0 Å². The number of hydrogen-bond acceptors (Lipinski definition) is 2. The van der Waals surface area contributed by atoms with Gasteiger partial charge in [0.2, 0.25) is 5.91 Å². The molecule has 1 aromatic rings.